The van der Waals surface area contributed by atoms with Gasteiger partial charge in [-0.1, -0.05) is 74.8 Å². The lowest BCUT2D eigenvalue weighted by Gasteiger charge is -2.31. The van der Waals surface area contributed by atoms with Crippen molar-refractivity contribution in [3.8, 4) is 0 Å². The van der Waals surface area contributed by atoms with Crippen LogP contribution in [-0.2, 0) is 24.3 Å². The molecule has 4 rings (SSSR count). The summed E-state index contributed by atoms with van der Waals surface area (Å²) in [5.41, 5.74) is 1.88. The average molecular weight is 529 g/mol. The van der Waals surface area contributed by atoms with Gasteiger partial charge in [0.05, 0.1) is 12.7 Å². The lowest BCUT2D eigenvalue weighted by molar-refractivity contribution is -0.137. The molecular formula is C27H29ClN2O5S. The van der Waals surface area contributed by atoms with E-state index in [-0.39, 0.29) is 5.41 Å². The Morgan fingerprint density at radius 2 is 1.75 bits per heavy atom. The third-order valence-corrected chi connectivity index (χ3v) is 6.65. The number of fused-ring (bicyclic) bond motifs is 2. The average Bonchev–Trinajstić information content (AvgIpc) is 2.87. The zero-order valence-corrected chi connectivity index (χ0v) is 22.2. The van der Waals surface area contributed by atoms with E-state index in [1.165, 1.54) is 0 Å². The molecule has 3 aromatic rings. The number of ether oxygens (including phenoxy) is 1. The third kappa shape index (κ3) is 5.88. The van der Waals surface area contributed by atoms with Crippen LogP contribution in [0, 0.1) is 5.41 Å². The Labute approximate surface area is 216 Å². The van der Waals surface area contributed by atoms with Crippen LogP contribution < -0.4 is 9.62 Å². The van der Waals surface area contributed by atoms with Gasteiger partial charge in [0.1, 0.15) is 12.2 Å². The fourth-order valence-electron chi connectivity index (χ4n) is 4.48. The monoisotopic (exact) mass is 528 g/mol. The lowest BCUT2D eigenvalue weighted by Crippen LogP contribution is -2.45. The van der Waals surface area contributed by atoms with Crippen LogP contribution in [0.3, 0.4) is 0 Å². The highest BCUT2D eigenvalue weighted by Crippen LogP contribution is 2.42. The van der Waals surface area contributed by atoms with Crippen molar-refractivity contribution in [1.82, 2.24) is 4.72 Å². The first-order valence-corrected chi connectivity index (χ1v) is 13.8. The van der Waals surface area contributed by atoms with E-state index >= 15 is 0 Å². The number of halogens is 1. The minimum absolute atomic E-state index is 0.272. The number of benzene rings is 3. The highest BCUT2D eigenvalue weighted by atomic mass is 35.5. The molecule has 0 aliphatic carbocycles. The molecule has 0 saturated heterocycles. The molecule has 7 nitrogen and oxygen atoms in total. The van der Waals surface area contributed by atoms with Crippen molar-refractivity contribution in [2.75, 3.05) is 17.7 Å². The van der Waals surface area contributed by atoms with Crippen LogP contribution >= 0.6 is 11.6 Å². The predicted octanol–water partition coefficient (Wildman–Crippen LogP) is 4.83. The molecule has 0 saturated carbocycles. The maximum absolute atomic E-state index is 13.9. The summed E-state index contributed by atoms with van der Waals surface area (Å²) in [6.07, 6.45) is -1.50. The maximum atomic E-state index is 13.9. The number of sulfonamides is 1. The highest BCUT2D eigenvalue weighted by molar-refractivity contribution is 7.89. The van der Waals surface area contributed by atoms with Gasteiger partial charge in [-0.2, -0.15) is 0 Å². The highest BCUT2D eigenvalue weighted by Gasteiger charge is 2.39. The van der Waals surface area contributed by atoms with Crippen LogP contribution in [0.25, 0.3) is 10.8 Å². The summed E-state index contributed by atoms with van der Waals surface area (Å²) in [4.78, 5) is 28.1. The standard InChI is InChI=1S/C27H29ClN2O5S/c1-27(2,3)16-30-22-13-12-18(28)14-21(22)25(20-11-7-9-17-8-5-6-10-19(17)20)35-23(26(30)32)15-24(31)29-36(4,33)34/h5-14,23,25H,15-16H2,1-4H3,(H,29,31). The van der Waals surface area contributed by atoms with Gasteiger partial charge < -0.3 is 9.64 Å². The topological polar surface area (TPSA) is 92.8 Å². The Morgan fingerprint density at radius 3 is 2.44 bits per heavy atom. The number of carbonyl (C=O) groups is 2. The molecule has 2 amide bonds. The van der Waals surface area contributed by atoms with E-state index in [2.05, 4.69) is 0 Å². The van der Waals surface area contributed by atoms with Gasteiger partial charge in [-0.15, -0.1) is 0 Å². The molecular weight excluding hydrogens is 500 g/mol. The molecule has 1 N–H and O–H groups in total. The van der Waals surface area contributed by atoms with Gasteiger partial charge >= 0.3 is 0 Å². The molecule has 2 atom stereocenters. The van der Waals surface area contributed by atoms with E-state index in [4.69, 9.17) is 16.3 Å². The molecule has 0 spiro atoms. The first kappa shape index (κ1) is 26.1. The number of nitrogens with one attached hydrogen (secondary N) is 1. The molecule has 1 aliphatic heterocycles. The quantitative estimate of drug-likeness (QED) is 0.512. The Morgan fingerprint density at radius 1 is 1.06 bits per heavy atom. The van der Waals surface area contributed by atoms with Gasteiger partial charge in [0.15, 0.2) is 0 Å². The smallest absolute Gasteiger partial charge is 0.256 e. The van der Waals surface area contributed by atoms with Crippen LogP contribution in [0.15, 0.2) is 60.7 Å². The van der Waals surface area contributed by atoms with Crippen molar-refractivity contribution in [2.24, 2.45) is 5.41 Å². The first-order chi connectivity index (χ1) is 16.8. The summed E-state index contributed by atoms with van der Waals surface area (Å²) in [5, 5.41) is 2.42. The van der Waals surface area contributed by atoms with Crippen molar-refractivity contribution < 1.29 is 22.7 Å². The van der Waals surface area contributed by atoms with Crippen LogP contribution in [0.2, 0.25) is 5.02 Å². The van der Waals surface area contributed by atoms with Gasteiger partial charge in [0, 0.05) is 22.8 Å². The van der Waals surface area contributed by atoms with Gasteiger partial charge in [0.2, 0.25) is 15.9 Å². The summed E-state index contributed by atoms with van der Waals surface area (Å²) in [6.45, 7) is 6.38. The van der Waals surface area contributed by atoms with E-state index in [1.807, 2.05) is 68.0 Å². The number of amides is 2. The summed E-state index contributed by atoms with van der Waals surface area (Å²) >= 11 is 6.42. The van der Waals surface area contributed by atoms with Crippen molar-refractivity contribution >= 4 is 49.9 Å². The minimum Gasteiger partial charge on any atom is -0.355 e. The first-order valence-electron chi connectivity index (χ1n) is 11.6. The zero-order chi connectivity index (χ0) is 26.3. The molecule has 36 heavy (non-hydrogen) atoms. The molecule has 0 bridgehead atoms. The van der Waals surface area contributed by atoms with E-state index in [0.29, 0.717) is 22.8 Å². The lowest BCUT2D eigenvalue weighted by atomic mass is 9.93. The van der Waals surface area contributed by atoms with Gasteiger partial charge in [-0.05, 0) is 39.9 Å². The molecule has 3 aromatic carbocycles. The van der Waals surface area contributed by atoms with Crippen molar-refractivity contribution in [1.29, 1.82) is 0 Å². The molecule has 1 aliphatic rings. The Kier molecular flexibility index (Phi) is 7.14. The second-order valence-corrected chi connectivity index (χ2v) is 12.4. The summed E-state index contributed by atoms with van der Waals surface area (Å²) < 4.78 is 31.7. The Balaban J connectivity index is 1.90. The van der Waals surface area contributed by atoms with Gasteiger partial charge in [0.25, 0.3) is 5.91 Å². The predicted molar refractivity (Wildman–Crippen MR) is 142 cm³/mol. The largest absolute Gasteiger partial charge is 0.355 e. The SMILES string of the molecule is CC(C)(C)CN1C(=O)C(CC(=O)NS(C)(=O)=O)OC(c2cccc3ccccc23)c2cc(Cl)ccc21. The van der Waals surface area contributed by atoms with Crippen molar-refractivity contribution in [3.63, 3.8) is 0 Å². The molecule has 190 valence electrons. The van der Waals surface area contributed by atoms with Crippen LogP contribution in [0.5, 0.6) is 0 Å². The summed E-state index contributed by atoms with van der Waals surface area (Å²) in [7, 11) is -3.79. The normalized spacial score (nSPS) is 18.6. The van der Waals surface area contributed by atoms with E-state index in [0.717, 1.165) is 22.6 Å². The van der Waals surface area contributed by atoms with Crippen LogP contribution in [0.4, 0.5) is 5.69 Å². The number of anilines is 1. The van der Waals surface area contributed by atoms with Gasteiger partial charge in [-0.3, -0.25) is 14.3 Å². The molecule has 2 unspecified atom stereocenters. The second-order valence-electron chi connectivity index (χ2n) is 10.3. The summed E-state index contributed by atoms with van der Waals surface area (Å²) in [5.74, 6) is -1.23. The number of nitrogens with zero attached hydrogens (tertiary/aromatic N) is 1. The Hall–Kier alpha value is -2.94. The van der Waals surface area contributed by atoms with Crippen LogP contribution in [-0.4, -0.2) is 39.1 Å². The molecule has 0 radical (unpaired) electrons. The molecule has 0 aromatic heterocycles. The van der Waals surface area contributed by atoms with E-state index in [9.17, 15) is 18.0 Å². The maximum Gasteiger partial charge on any atom is 0.256 e. The van der Waals surface area contributed by atoms with Crippen LogP contribution in [0.1, 0.15) is 44.4 Å². The second kappa shape index (κ2) is 9.84. The Bertz CT molecular complexity index is 1430. The minimum atomic E-state index is -3.79. The fraction of sp³-hybridized carbons (Fsp3) is 0.333. The number of hydrogen-bond acceptors (Lipinski definition) is 5. The van der Waals surface area contributed by atoms with E-state index in [1.54, 1.807) is 23.1 Å². The zero-order valence-electron chi connectivity index (χ0n) is 20.6. The van der Waals surface area contributed by atoms with Crippen molar-refractivity contribution in [2.45, 2.75) is 39.4 Å². The fourth-order valence-corrected chi connectivity index (χ4v) is 5.16. The van der Waals surface area contributed by atoms with Gasteiger partial charge in [-0.25, -0.2) is 8.42 Å². The number of carbonyl (C=O) groups excluding carboxylic acids is 2. The van der Waals surface area contributed by atoms with E-state index < -0.39 is 40.5 Å². The summed E-state index contributed by atoms with van der Waals surface area (Å²) in [6, 6.07) is 19.0. The molecule has 1 heterocycles. The molecule has 0 fully saturated rings. The van der Waals surface area contributed by atoms with Crippen molar-refractivity contribution in [3.05, 3.63) is 76.8 Å². The third-order valence-electron chi connectivity index (χ3n) is 5.81. The molecule has 9 heteroatoms. The number of rotatable bonds is 5. The number of hydrogen-bond donors (Lipinski definition) is 1.